The van der Waals surface area contributed by atoms with E-state index < -0.39 is 25.9 Å². The smallest absolute Gasteiger partial charge is 0.456 e. The van der Waals surface area contributed by atoms with E-state index in [4.69, 9.17) is 13.8 Å². The second-order valence-electron chi connectivity index (χ2n) is 19.4. The fourth-order valence-corrected chi connectivity index (χ4v) is 8.01. The number of esters is 1. The van der Waals surface area contributed by atoms with Crippen molar-refractivity contribution in [2.75, 3.05) is 40.9 Å². The fourth-order valence-electron chi connectivity index (χ4n) is 7.27. The van der Waals surface area contributed by atoms with Gasteiger partial charge < -0.3 is 19.4 Å². The number of hydrogen-bond acceptors (Lipinski definition) is 6. The minimum atomic E-state index is -4.47. The van der Waals surface area contributed by atoms with Crippen LogP contribution in [0.1, 0.15) is 220 Å². The van der Waals surface area contributed by atoms with E-state index in [2.05, 4.69) is 92.9 Å². The molecule has 0 aromatic heterocycles. The zero-order valence-corrected chi connectivity index (χ0v) is 45.5. The van der Waals surface area contributed by atoms with E-state index in [1.165, 1.54) is 116 Å². The molecule has 2 N–H and O–H groups in total. The van der Waals surface area contributed by atoms with Gasteiger partial charge in [0.15, 0.2) is 0 Å². The Morgan fingerprint density at radius 2 is 0.912 bits per heavy atom. The highest BCUT2D eigenvalue weighted by atomic mass is 31.2. The van der Waals surface area contributed by atoms with Gasteiger partial charge in [0.05, 0.1) is 33.8 Å². The van der Waals surface area contributed by atoms with Crippen molar-refractivity contribution in [3.05, 3.63) is 85.1 Å². The number of ether oxygens (including phenoxy) is 1. The first-order valence-corrected chi connectivity index (χ1v) is 28.9. The molecule has 9 nitrogen and oxygen atoms in total. The van der Waals surface area contributed by atoms with Gasteiger partial charge in [-0.3, -0.25) is 18.6 Å². The summed E-state index contributed by atoms with van der Waals surface area (Å²) in [6.07, 6.45) is 61.7. The van der Waals surface area contributed by atoms with E-state index in [1.807, 2.05) is 39.4 Å². The molecule has 0 radical (unpaired) electrons. The maximum Gasteiger partial charge on any atom is 0.472 e. The number of carbonyl (C=O) groups excluding carboxylic acids is 2. The molecule has 0 saturated heterocycles. The Hall–Kier alpha value is -2.81. The first kappa shape index (κ1) is 65.2. The number of nitrogens with zero attached hydrogens (tertiary/aromatic N) is 1. The molecule has 0 rings (SSSR count). The molecular formula is C58H104N2O7P+. The number of unbranched alkanes of at least 4 members (excludes halogenated alkanes) is 20. The van der Waals surface area contributed by atoms with Crippen LogP contribution in [0.3, 0.4) is 0 Å². The number of hydrogen-bond donors (Lipinski definition) is 2. The number of phosphoric ester groups is 1. The highest BCUT2D eigenvalue weighted by molar-refractivity contribution is 7.47. The molecular weight excluding hydrogens is 868 g/mol. The summed E-state index contributed by atoms with van der Waals surface area (Å²) in [5, 5.41) is 2.98. The zero-order valence-electron chi connectivity index (χ0n) is 44.6. The quantitative estimate of drug-likeness (QED) is 0.0205. The van der Waals surface area contributed by atoms with Crippen molar-refractivity contribution in [1.82, 2.24) is 5.32 Å². The van der Waals surface area contributed by atoms with Gasteiger partial charge in [-0.1, -0.05) is 202 Å². The third-order valence-corrected chi connectivity index (χ3v) is 12.6. The zero-order chi connectivity index (χ0) is 50.1. The fraction of sp³-hybridized carbons (Fsp3) is 0.724. The minimum Gasteiger partial charge on any atom is -0.456 e. The Balaban J connectivity index is 5.56. The van der Waals surface area contributed by atoms with Crippen molar-refractivity contribution in [3.8, 4) is 0 Å². The number of nitrogens with one attached hydrogen (secondary N) is 1. The van der Waals surface area contributed by atoms with Crippen LogP contribution in [-0.2, 0) is 27.9 Å². The summed E-state index contributed by atoms with van der Waals surface area (Å²) in [7, 11) is 1.43. The molecule has 392 valence electrons. The summed E-state index contributed by atoms with van der Waals surface area (Å²) in [4.78, 5) is 37.4. The van der Waals surface area contributed by atoms with Gasteiger partial charge in [-0.15, -0.1) is 0 Å². The standard InChI is InChI=1S/C58H103N2O7P/c1-7-10-13-16-19-22-25-28-29-30-31-33-36-39-42-45-48-51-58(62)67-56(49-46-43-40-37-34-27-24-21-18-15-12-9-3)55(54-66-68(63,64)65-53-52-60(4,5)6)59-57(61)50-47-44-41-38-35-32-26-23-20-17-14-11-8-2/h19,22,28-29,31-33,35,39,41-42,44,46,49,55-56H,7-18,20-21,23-27,30,34,36-38,40,43,45,47-48,50-54H2,1-6H3,(H-,59,61,63,64)/p+1/b22-19-,29-28-,33-31-,35-32-,42-39-,44-41+,49-46+. The van der Waals surface area contributed by atoms with E-state index in [0.717, 1.165) is 57.8 Å². The molecule has 0 heterocycles. The average Bonchev–Trinajstić information content (AvgIpc) is 3.29. The predicted molar refractivity (Wildman–Crippen MR) is 291 cm³/mol. The van der Waals surface area contributed by atoms with Crippen LogP contribution < -0.4 is 5.32 Å². The maximum absolute atomic E-state index is 13.4. The topological polar surface area (TPSA) is 111 Å². The number of allylic oxidation sites excluding steroid dienone is 13. The predicted octanol–water partition coefficient (Wildman–Crippen LogP) is 16.3. The molecule has 0 fully saturated rings. The Morgan fingerprint density at radius 3 is 1.40 bits per heavy atom. The van der Waals surface area contributed by atoms with Crippen LogP contribution in [0.15, 0.2) is 85.1 Å². The molecule has 0 aliphatic rings. The Labute approximate surface area is 418 Å². The molecule has 0 aromatic rings. The largest absolute Gasteiger partial charge is 0.472 e. The van der Waals surface area contributed by atoms with Gasteiger partial charge in [-0.05, 0) is 89.5 Å². The molecule has 0 spiro atoms. The van der Waals surface area contributed by atoms with Crippen LogP contribution in [0.25, 0.3) is 0 Å². The van der Waals surface area contributed by atoms with E-state index in [-0.39, 0.29) is 32.0 Å². The van der Waals surface area contributed by atoms with Crippen LogP contribution in [0, 0.1) is 0 Å². The number of rotatable bonds is 48. The van der Waals surface area contributed by atoms with E-state index in [1.54, 1.807) is 0 Å². The lowest BCUT2D eigenvalue weighted by molar-refractivity contribution is -0.870. The SMILES string of the molecule is CCCCC/C=C\C/C=C\C/C=C\C/C=C\CCCC(=O)OC(/C=C/CCCCCCCCCCCC)C(COP(=O)(O)OCC[N+](C)(C)C)NC(=O)CC/C=C/C/C=C\CCCCCCCC. The lowest BCUT2D eigenvalue weighted by Gasteiger charge is -2.27. The maximum atomic E-state index is 13.4. The lowest BCUT2D eigenvalue weighted by Crippen LogP contribution is -2.47. The van der Waals surface area contributed by atoms with Gasteiger partial charge >= 0.3 is 13.8 Å². The van der Waals surface area contributed by atoms with Crippen molar-refractivity contribution in [3.63, 3.8) is 0 Å². The van der Waals surface area contributed by atoms with Crippen molar-refractivity contribution in [1.29, 1.82) is 0 Å². The molecule has 1 amide bonds. The van der Waals surface area contributed by atoms with Gasteiger partial charge in [0.2, 0.25) is 5.91 Å². The second kappa shape index (κ2) is 47.8. The first-order chi connectivity index (χ1) is 32.9. The highest BCUT2D eigenvalue weighted by Crippen LogP contribution is 2.43. The molecule has 10 heteroatoms. The third kappa shape index (κ3) is 48.2. The van der Waals surface area contributed by atoms with Crippen LogP contribution in [0.4, 0.5) is 0 Å². The summed E-state index contributed by atoms with van der Waals surface area (Å²) >= 11 is 0. The summed E-state index contributed by atoms with van der Waals surface area (Å²) < 4.78 is 30.4. The van der Waals surface area contributed by atoms with Crippen molar-refractivity contribution in [2.45, 2.75) is 232 Å². The van der Waals surface area contributed by atoms with Crippen molar-refractivity contribution < 1.29 is 37.3 Å². The van der Waals surface area contributed by atoms with Gasteiger partial charge in [-0.2, -0.15) is 0 Å². The van der Waals surface area contributed by atoms with Crippen molar-refractivity contribution >= 4 is 19.7 Å². The van der Waals surface area contributed by atoms with Crippen LogP contribution >= 0.6 is 7.82 Å². The molecule has 0 saturated carbocycles. The molecule has 0 aliphatic heterocycles. The van der Waals surface area contributed by atoms with Gasteiger partial charge in [0.1, 0.15) is 19.3 Å². The summed E-state index contributed by atoms with van der Waals surface area (Å²) in [6.45, 7) is 6.87. The highest BCUT2D eigenvalue weighted by Gasteiger charge is 2.30. The van der Waals surface area contributed by atoms with Gasteiger partial charge in [0.25, 0.3) is 0 Å². The monoisotopic (exact) mass is 972 g/mol. The van der Waals surface area contributed by atoms with Crippen LogP contribution in [-0.4, -0.2) is 74.3 Å². The van der Waals surface area contributed by atoms with Crippen molar-refractivity contribution in [2.24, 2.45) is 0 Å². The first-order valence-electron chi connectivity index (χ1n) is 27.4. The number of likely N-dealkylation sites (N-methyl/N-ethyl adjacent to an activating group) is 1. The van der Waals surface area contributed by atoms with Crippen LogP contribution in [0.5, 0.6) is 0 Å². The van der Waals surface area contributed by atoms with E-state index in [0.29, 0.717) is 23.9 Å². The van der Waals surface area contributed by atoms with E-state index in [9.17, 15) is 19.0 Å². The number of carbonyl (C=O) groups is 2. The Morgan fingerprint density at radius 1 is 0.515 bits per heavy atom. The van der Waals surface area contributed by atoms with E-state index >= 15 is 0 Å². The molecule has 0 aromatic carbocycles. The second-order valence-corrected chi connectivity index (χ2v) is 20.8. The molecule has 68 heavy (non-hydrogen) atoms. The summed E-state index contributed by atoms with van der Waals surface area (Å²) in [5.74, 6) is -0.655. The molecule has 3 unspecified atom stereocenters. The lowest BCUT2D eigenvalue weighted by atomic mass is 10.1. The Bertz CT molecular complexity index is 1440. The number of phosphoric acid groups is 1. The Kier molecular flexibility index (Phi) is 45.9. The number of quaternary nitrogens is 1. The molecule has 3 atom stereocenters. The molecule has 0 bridgehead atoms. The summed E-state index contributed by atoms with van der Waals surface area (Å²) in [6, 6.07) is -0.902. The average molecular weight is 972 g/mol. The third-order valence-electron chi connectivity index (χ3n) is 11.6. The van der Waals surface area contributed by atoms with Gasteiger partial charge in [-0.25, -0.2) is 4.57 Å². The normalized spacial score (nSPS) is 14.5. The minimum absolute atomic E-state index is 0.0193. The van der Waals surface area contributed by atoms with Crippen LogP contribution in [0.2, 0.25) is 0 Å². The molecule has 0 aliphatic carbocycles. The summed E-state index contributed by atoms with van der Waals surface area (Å²) in [5.41, 5.74) is 0. The van der Waals surface area contributed by atoms with Gasteiger partial charge in [0, 0.05) is 12.8 Å². The number of amides is 1.